The molecule has 0 spiro atoms. The zero-order valence-corrected chi connectivity index (χ0v) is 11.5. The van der Waals surface area contributed by atoms with E-state index in [1.165, 1.54) is 0 Å². The van der Waals surface area contributed by atoms with E-state index in [1.54, 1.807) is 6.07 Å². The van der Waals surface area contributed by atoms with E-state index in [0.717, 1.165) is 5.56 Å². The molecule has 0 radical (unpaired) electrons. The van der Waals surface area contributed by atoms with Gasteiger partial charge in [-0.15, -0.1) is 0 Å². The molecule has 0 aliphatic heterocycles. The van der Waals surface area contributed by atoms with Crippen LogP contribution >= 0.6 is 0 Å². The second-order valence-corrected chi connectivity index (χ2v) is 4.76. The minimum atomic E-state index is -0.494. The summed E-state index contributed by atoms with van der Waals surface area (Å²) in [7, 11) is 0. The fourth-order valence-corrected chi connectivity index (χ4v) is 1.36. The zero-order valence-electron chi connectivity index (χ0n) is 11.5. The molecule has 0 fully saturated rings. The summed E-state index contributed by atoms with van der Waals surface area (Å²) in [5, 5.41) is 4.80. The van der Waals surface area contributed by atoms with Crippen LogP contribution in [0.4, 0.5) is 4.79 Å². The molecular weight excluding hydrogens is 244 g/mol. The van der Waals surface area contributed by atoms with Crippen LogP contribution in [0.15, 0.2) is 24.3 Å². The lowest BCUT2D eigenvalue weighted by molar-refractivity contribution is -0.122. The van der Waals surface area contributed by atoms with Gasteiger partial charge < -0.3 is 10.1 Å². The lowest BCUT2D eigenvalue weighted by atomic mass is 10.2. The van der Waals surface area contributed by atoms with E-state index >= 15 is 0 Å². The number of hydrogen-bond acceptors (Lipinski definition) is 3. The van der Waals surface area contributed by atoms with Gasteiger partial charge in [0.2, 0.25) is 0 Å². The van der Waals surface area contributed by atoms with Crippen molar-refractivity contribution in [3.05, 3.63) is 29.8 Å². The summed E-state index contributed by atoms with van der Waals surface area (Å²) >= 11 is 0. The standard InChI is InChI=1S/C14H20N2O3/c1-10(2)8-15-14(18)16-13(17)9-19-12-6-4-5-11(3)7-12/h4-7,10H,8-9H2,1-3H3,(H2,15,16,17,18). The molecule has 104 valence electrons. The average Bonchev–Trinajstić information content (AvgIpc) is 2.34. The SMILES string of the molecule is Cc1cccc(OCC(=O)NC(=O)NCC(C)C)c1. The molecule has 5 nitrogen and oxygen atoms in total. The molecule has 19 heavy (non-hydrogen) atoms. The van der Waals surface area contributed by atoms with Crippen LogP contribution in [0.25, 0.3) is 0 Å². The predicted octanol–water partition coefficient (Wildman–Crippen LogP) is 1.86. The number of nitrogens with one attached hydrogen (secondary N) is 2. The lowest BCUT2D eigenvalue weighted by Gasteiger charge is -2.09. The Labute approximate surface area is 113 Å². The normalized spacial score (nSPS) is 10.1. The number of amides is 3. The van der Waals surface area contributed by atoms with E-state index in [4.69, 9.17) is 4.74 Å². The van der Waals surface area contributed by atoms with Gasteiger partial charge in [0.15, 0.2) is 6.61 Å². The first kappa shape index (κ1) is 15.0. The lowest BCUT2D eigenvalue weighted by Crippen LogP contribution is -2.42. The highest BCUT2D eigenvalue weighted by atomic mass is 16.5. The van der Waals surface area contributed by atoms with E-state index in [0.29, 0.717) is 18.2 Å². The Balaban J connectivity index is 2.30. The van der Waals surface area contributed by atoms with Crippen molar-refractivity contribution in [2.45, 2.75) is 20.8 Å². The fraction of sp³-hybridized carbons (Fsp3) is 0.429. The fourth-order valence-electron chi connectivity index (χ4n) is 1.36. The Morgan fingerprint density at radius 2 is 2.05 bits per heavy atom. The van der Waals surface area contributed by atoms with Crippen molar-refractivity contribution in [3.8, 4) is 5.75 Å². The van der Waals surface area contributed by atoms with E-state index in [9.17, 15) is 9.59 Å². The van der Waals surface area contributed by atoms with Crippen LogP contribution < -0.4 is 15.4 Å². The number of rotatable bonds is 5. The average molecular weight is 264 g/mol. The Bertz CT molecular complexity index is 444. The van der Waals surface area contributed by atoms with Gasteiger partial charge in [-0.2, -0.15) is 0 Å². The maximum absolute atomic E-state index is 11.5. The Hall–Kier alpha value is -2.04. The molecule has 0 bridgehead atoms. The van der Waals surface area contributed by atoms with Crippen LogP contribution in [0.1, 0.15) is 19.4 Å². The largest absolute Gasteiger partial charge is 0.484 e. The summed E-state index contributed by atoms with van der Waals surface area (Å²) in [6.45, 7) is 6.23. The Morgan fingerprint density at radius 1 is 1.32 bits per heavy atom. The van der Waals surface area contributed by atoms with Gasteiger partial charge in [-0.25, -0.2) is 4.79 Å². The molecular formula is C14H20N2O3. The van der Waals surface area contributed by atoms with Gasteiger partial charge in [-0.1, -0.05) is 26.0 Å². The first-order valence-corrected chi connectivity index (χ1v) is 6.24. The maximum atomic E-state index is 11.5. The molecule has 3 amide bonds. The van der Waals surface area contributed by atoms with Crippen LogP contribution in [0, 0.1) is 12.8 Å². The zero-order chi connectivity index (χ0) is 14.3. The van der Waals surface area contributed by atoms with Crippen molar-refractivity contribution >= 4 is 11.9 Å². The molecule has 5 heteroatoms. The second-order valence-electron chi connectivity index (χ2n) is 4.76. The molecule has 0 heterocycles. The maximum Gasteiger partial charge on any atom is 0.321 e. The topological polar surface area (TPSA) is 67.4 Å². The highest BCUT2D eigenvalue weighted by molar-refractivity contribution is 5.94. The van der Waals surface area contributed by atoms with Gasteiger partial charge >= 0.3 is 6.03 Å². The molecule has 0 aliphatic carbocycles. The summed E-state index contributed by atoms with van der Waals surface area (Å²) in [6.07, 6.45) is 0. The van der Waals surface area contributed by atoms with Crippen molar-refractivity contribution in [2.75, 3.05) is 13.2 Å². The Morgan fingerprint density at radius 3 is 2.68 bits per heavy atom. The quantitative estimate of drug-likeness (QED) is 0.853. The molecule has 0 aromatic heterocycles. The molecule has 0 aliphatic rings. The van der Waals surface area contributed by atoms with Crippen LogP contribution in [0.5, 0.6) is 5.75 Å². The molecule has 1 aromatic carbocycles. The van der Waals surface area contributed by atoms with Crippen molar-refractivity contribution in [1.82, 2.24) is 10.6 Å². The number of ether oxygens (including phenoxy) is 1. The first-order valence-electron chi connectivity index (χ1n) is 6.24. The summed E-state index contributed by atoms with van der Waals surface area (Å²) in [5.41, 5.74) is 1.05. The van der Waals surface area contributed by atoms with Gasteiger partial charge in [0.1, 0.15) is 5.75 Å². The monoisotopic (exact) mass is 264 g/mol. The second kappa shape index (κ2) is 7.41. The van der Waals surface area contributed by atoms with Crippen molar-refractivity contribution in [1.29, 1.82) is 0 Å². The molecule has 0 saturated carbocycles. The van der Waals surface area contributed by atoms with Gasteiger partial charge in [0.05, 0.1) is 0 Å². The number of urea groups is 1. The highest BCUT2D eigenvalue weighted by Crippen LogP contribution is 2.11. The highest BCUT2D eigenvalue weighted by Gasteiger charge is 2.08. The van der Waals surface area contributed by atoms with Gasteiger partial charge in [-0.05, 0) is 30.5 Å². The predicted molar refractivity (Wildman–Crippen MR) is 73.1 cm³/mol. The molecule has 0 atom stereocenters. The molecule has 0 saturated heterocycles. The molecule has 2 N–H and O–H groups in total. The summed E-state index contributed by atoms with van der Waals surface area (Å²) in [6, 6.07) is 6.88. The minimum Gasteiger partial charge on any atom is -0.484 e. The molecule has 1 aromatic rings. The third kappa shape index (κ3) is 6.45. The van der Waals surface area contributed by atoms with E-state index in [2.05, 4.69) is 10.6 Å². The van der Waals surface area contributed by atoms with E-state index < -0.39 is 11.9 Å². The van der Waals surface area contributed by atoms with Gasteiger partial charge in [-0.3, -0.25) is 10.1 Å². The summed E-state index contributed by atoms with van der Waals surface area (Å²) in [4.78, 5) is 22.8. The van der Waals surface area contributed by atoms with Gasteiger partial charge in [0, 0.05) is 6.54 Å². The minimum absolute atomic E-state index is 0.182. The van der Waals surface area contributed by atoms with E-state index in [1.807, 2.05) is 39.0 Å². The van der Waals surface area contributed by atoms with Crippen molar-refractivity contribution in [3.63, 3.8) is 0 Å². The first-order chi connectivity index (χ1) is 8.97. The van der Waals surface area contributed by atoms with E-state index in [-0.39, 0.29) is 6.61 Å². The van der Waals surface area contributed by atoms with Gasteiger partial charge in [0.25, 0.3) is 5.91 Å². The molecule has 0 unspecified atom stereocenters. The smallest absolute Gasteiger partial charge is 0.321 e. The number of carbonyl (C=O) groups excluding carboxylic acids is 2. The third-order valence-corrected chi connectivity index (χ3v) is 2.28. The summed E-state index contributed by atoms with van der Waals surface area (Å²) < 4.78 is 5.28. The van der Waals surface area contributed by atoms with Crippen molar-refractivity contribution < 1.29 is 14.3 Å². The van der Waals surface area contributed by atoms with Crippen LogP contribution in [-0.4, -0.2) is 25.1 Å². The number of imide groups is 1. The number of benzene rings is 1. The van der Waals surface area contributed by atoms with Crippen LogP contribution in [0.3, 0.4) is 0 Å². The van der Waals surface area contributed by atoms with Crippen LogP contribution in [-0.2, 0) is 4.79 Å². The van der Waals surface area contributed by atoms with Crippen LogP contribution in [0.2, 0.25) is 0 Å². The third-order valence-electron chi connectivity index (χ3n) is 2.28. The Kier molecular flexibility index (Phi) is 5.85. The molecule has 1 rings (SSSR count). The number of hydrogen-bond donors (Lipinski definition) is 2. The number of carbonyl (C=O) groups is 2. The van der Waals surface area contributed by atoms with Crippen molar-refractivity contribution in [2.24, 2.45) is 5.92 Å². The summed E-state index contributed by atoms with van der Waals surface area (Å²) in [5.74, 6) is 0.477. The number of aryl methyl sites for hydroxylation is 1.